The van der Waals surface area contributed by atoms with E-state index in [1.807, 2.05) is 17.0 Å². The molecule has 0 atom stereocenters. The number of fused-ring (bicyclic) bond motifs is 1. The molecule has 2 aromatic heterocycles. The number of hydrogen-bond donors (Lipinski definition) is 1. The van der Waals surface area contributed by atoms with Crippen LogP contribution in [-0.2, 0) is 11.3 Å². The zero-order valence-electron chi connectivity index (χ0n) is 14.2. The van der Waals surface area contributed by atoms with E-state index in [2.05, 4.69) is 15.3 Å². The average Bonchev–Trinajstić information content (AvgIpc) is 3.10. The molecule has 3 heterocycles. The Morgan fingerprint density at radius 1 is 1.27 bits per heavy atom. The first-order valence-electron chi connectivity index (χ1n) is 8.68. The van der Waals surface area contributed by atoms with Crippen molar-refractivity contribution in [1.82, 2.24) is 15.3 Å². The standard InChI is InChI=1S/C19H19FN4O2/c20-15-4-1-3-13(11-15)12-22-18(25)14-6-9-24(10-7-14)19-23-17-16(26-19)5-2-8-21-17/h1-5,8,11,14H,6-7,9-10,12H2,(H,22,25). The minimum absolute atomic E-state index is 0.00754. The Morgan fingerprint density at radius 2 is 2.12 bits per heavy atom. The number of piperidine rings is 1. The maximum Gasteiger partial charge on any atom is 0.299 e. The Bertz CT molecular complexity index is 886. The van der Waals surface area contributed by atoms with Crippen molar-refractivity contribution in [1.29, 1.82) is 0 Å². The van der Waals surface area contributed by atoms with Gasteiger partial charge >= 0.3 is 0 Å². The summed E-state index contributed by atoms with van der Waals surface area (Å²) in [5.74, 6) is -0.340. The third kappa shape index (κ3) is 3.51. The third-order valence-corrected chi connectivity index (χ3v) is 4.65. The number of hydrogen-bond acceptors (Lipinski definition) is 5. The van der Waals surface area contributed by atoms with E-state index < -0.39 is 0 Å². The van der Waals surface area contributed by atoms with Crippen molar-refractivity contribution < 1.29 is 13.6 Å². The van der Waals surface area contributed by atoms with Crippen molar-refractivity contribution in [3.63, 3.8) is 0 Å². The predicted octanol–water partition coefficient (Wildman–Crippen LogP) is 2.89. The summed E-state index contributed by atoms with van der Waals surface area (Å²) in [7, 11) is 0. The van der Waals surface area contributed by atoms with Crippen molar-refractivity contribution in [2.45, 2.75) is 19.4 Å². The Hall–Kier alpha value is -2.96. The number of nitrogens with zero attached hydrogens (tertiary/aromatic N) is 3. The molecule has 1 amide bonds. The maximum absolute atomic E-state index is 13.2. The molecular formula is C19H19FN4O2. The summed E-state index contributed by atoms with van der Waals surface area (Å²) < 4.78 is 18.9. The minimum atomic E-state index is -0.294. The fraction of sp³-hybridized carbons (Fsp3) is 0.316. The Balaban J connectivity index is 1.32. The molecule has 134 valence electrons. The van der Waals surface area contributed by atoms with Crippen LogP contribution < -0.4 is 10.2 Å². The Morgan fingerprint density at radius 3 is 2.88 bits per heavy atom. The highest BCUT2D eigenvalue weighted by Gasteiger charge is 2.27. The van der Waals surface area contributed by atoms with Crippen LogP contribution >= 0.6 is 0 Å². The van der Waals surface area contributed by atoms with Crippen LogP contribution in [0, 0.1) is 11.7 Å². The fourth-order valence-corrected chi connectivity index (χ4v) is 3.21. The van der Waals surface area contributed by atoms with E-state index in [4.69, 9.17) is 4.42 Å². The van der Waals surface area contributed by atoms with Crippen LogP contribution in [0.25, 0.3) is 11.2 Å². The highest BCUT2D eigenvalue weighted by atomic mass is 19.1. The summed E-state index contributed by atoms with van der Waals surface area (Å²) in [4.78, 5) is 23.0. The van der Waals surface area contributed by atoms with Crippen molar-refractivity contribution >= 4 is 23.2 Å². The normalized spacial score (nSPS) is 15.3. The van der Waals surface area contributed by atoms with Gasteiger partial charge in [0.2, 0.25) is 11.6 Å². The summed E-state index contributed by atoms with van der Waals surface area (Å²) in [6.07, 6.45) is 3.13. The smallest absolute Gasteiger partial charge is 0.299 e. The number of carbonyl (C=O) groups is 1. The van der Waals surface area contributed by atoms with E-state index in [1.165, 1.54) is 12.1 Å². The van der Waals surface area contributed by atoms with Crippen LogP contribution in [0.2, 0.25) is 0 Å². The molecule has 0 aliphatic carbocycles. The van der Waals surface area contributed by atoms with Gasteiger partial charge in [-0.3, -0.25) is 4.79 Å². The van der Waals surface area contributed by atoms with Crippen molar-refractivity contribution in [2.24, 2.45) is 5.92 Å². The molecular weight excluding hydrogens is 335 g/mol. The predicted molar refractivity (Wildman–Crippen MR) is 95.0 cm³/mol. The molecule has 3 aromatic rings. The van der Waals surface area contributed by atoms with E-state index in [-0.39, 0.29) is 17.6 Å². The van der Waals surface area contributed by atoms with Crippen LogP contribution in [0.1, 0.15) is 18.4 Å². The highest BCUT2D eigenvalue weighted by molar-refractivity contribution is 5.79. The molecule has 0 spiro atoms. The second-order valence-electron chi connectivity index (χ2n) is 6.43. The van der Waals surface area contributed by atoms with E-state index in [9.17, 15) is 9.18 Å². The molecule has 0 unspecified atom stereocenters. The van der Waals surface area contributed by atoms with E-state index >= 15 is 0 Å². The molecule has 1 aliphatic rings. The van der Waals surface area contributed by atoms with Crippen LogP contribution in [0.3, 0.4) is 0 Å². The molecule has 0 radical (unpaired) electrons. The minimum Gasteiger partial charge on any atom is -0.422 e. The largest absolute Gasteiger partial charge is 0.422 e. The first kappa shape index (κ1) is 16.5. The second-order valence-corrected chi connectivity index (χ2v) is 6.43. The molecule has 4 rings (SSSR count). The number of pyridine rings is 1. The van der Waals surface area contributed by atoms with Gasteiger partial charge in [-0.05, 0) is 42.7 Å². The van der Waals surface area contributed by atoms with Crippen LogP contribution in [0.15, 0.2) is 47.0 Å². The first-order valence-corrected chi connectivity index (χ1v) is 8.68. The van der Waals surface area contributed by atoms with Gasteiger partial charge in [0, 0.05) is 31.7 Å². The lowest BCUT2D eigenvalue weighted by Gasteiger charge is -2.30. The number of oxazole rings is 1. The molecule has 1 saturated heterocycles. The zero-order valence-corrected chi connectivity index (χ0v) is 14.2. The molecule has 1 N–H and O–H groups in total. The van der Waals surface area contributed by atoms with Gasteiger partial charge < -0.3 is 14.6 Å². The van der Waals surface area contributed by atoms with Gasteiger partial charge in [-0.2, -0.15) is 4.98 Å². The number of carbonyl (C=O) groups excluding carboxylic acids is 1. The molecule has 1 aliphatic heterocycles. The highest BCUT2D eigenvalue weighted by Crippen LogP contribution is 2.25. The summed E-state index contributed by atoms with van der Waals surface area (Å²) in [6, 6.07) is 10.5. The summed E-state index contributed by atoms with van der Waals surface area (Å²) in [5, 5.41) is 2.90. The number of nitrogens with one attached hydrogen (secondary N) is 1. The summed E-state index contributed by atoms with van der Waals surface area (Å²) in [5.41, 5.74) is 2.02. The Kier molecular flexibility index (Phi) is 4.51. The summed E-state index contributed by atoms with van der Waals surface area (Å²) >= 11 is 0. The first-order chi connectivity index (χ1) is 12.7. The van der Waals surface area contributed by atoms with Gasteiger partial charge in [0.25, 0.3) is 6.01 Å². The van der Waals surface area contributed by atoms with Crippen LogP contribution in [0.4, 0.5) is 10.4 Å². The van der Waals surface area contributed by atoms with Gasteiger partial charge in [0.15, 0.2) is 5.58 Å². The number of amides is 1. The second kappa shape index (κ2) is 7.11. The molecule has 7 heteroatoms. The molecule has 6 nitrogen and oxygen atoms in total. The number of rotatable bonds is 4. The van der Waals surface area contributed by atoms with Gasteiger partial charge in [-0.25, -0.2) is 9.37 Å². The Labute approximate surface area is 150 Å². The summed E-state index contributed by atoms with van der Waals surface area (Å²) in [6.45, 7) is 1.74. The molecule has 1 aromatic carbocycles. The van der Waals surface area contributed by atoms with Crippen molar-refractivity contribution in [2.75, 3.05) is 18.0 Å². The van der Waals surface area contributed by atoms with Crippen LogP contribution in [0.5, 0.6) is 0 Å². The number of halogens is 1. The SMILES string of the molecule is O=C(NCc1cccc(F)c1)C1CCN(c2nc3ncccc3o2)CC1. The quantitative estimate of drug-likeness (QED) is 0.780. The van der Waals surface area contributed by atoms with E-state index in [0.29, 0.717) is 36.9 Å². The number of aromatic nitrogens is 2. The lowest BCUT2D eigenvalue weighted by Crippen LogP contribution is -2.40. The lowest BCUT2D eigenvalue weighted by atomic mass is 9.96. The topological polar surface area (TPSA) is 71.3 Å². The maximum atomic E-state index is 13.2. The van der Waals surface area contributed by atoms with Gasteiger partial charge in [0.1, 0.15) is 5.82 Å². The third-order valence-electron chi connectivity index (χ3n) is 4.65. The van der Waals surface area contributed by atoms with Gasteiger partial charge in [0.05, 0.1) is 0 Å². The monoisotopic (exact) mass is 354 g/mol. The van der Waals surface area contributed by atoms with Crippen molar-refractivity contribution in [3.05, 3.63) is 54.0 Å². The van der Waals surface area contributed by atoms with Crippen molar-refractivity contribution in [3.8, 4) is 0 Å². The van der Waals surface area contributed by atoms with Gasteiger partial charge in [-0.1, -0.05) is 12.1 Å². The lowest BCUT2D eigenvalue weighted by molar-refractivity contribution is -0.125. The van der Waals surface area contributed by atoms with E-state index in [0.717, 1.165) is 18.4 Å². The number of anilines is 1. The van der Waals surface area contributed by atoms with Gasteiger partial charge in [-0.15, -0.1) is 0 Å². The zero-order chi connectivity index (χ0) is 17.9. The van der Waals surface area contributed by atoms with Crippen LogP contribution in [-0.4, -0.2) is 29.0 Å². The molecule has 0 saturated carbocycles. The molecule has 1 fully saturated rings. The van der Waals surface area contributed by atoms with E-state index in [1.54, 1.807) is 18.3 Å². The average molecular weight is 354 g/mol. The number of benzene rings is 1. The fourth-order valence-electron chi connectivity index (χ4n) is 3.21. The molecule has 0 bridgehead atoms. The molecule has 26 heavy (non-hydrogen) atoms.